The molecule has 0 saturated carbocycles. The van der Waals surface area contributed by atoms with E-state index in [4.69, 9.17) is 14.0 Å². The summed E-state index contributed by atoms with van der Waals surface area (Å²) in [7, 11) is 1.57. The monoisotopic (exact) mass is 420 g/mol. The molecule has 1 aromatic carbocycles. The van der Waals surface area contributed by atoms with Gasteiger partial charge >= 0.3 is 5.97 Å². The third-order valence-corrected chi connectivity index (χ3v) is 5.68. The van der Waals surface area contributed by atoms with Crippen LogP contribution < -0.4 is 10.1 Å². The predicted octanol–water partition coefficient (Wildman–Crippen LogP) is 3.01. The van der Waals surface area contributed by atoms with Crippen molar-refractivity contribution in [2.45, 2.75) is 24.9 Å². The molecule has 0 fully saturated rings. The Morgan fingerprint density at radius 2 is 2.16 bits per heavy atom. The molecule has 9 nitrogen and oxygen atoms in total. The van der Waals surface area contributed by atoms with Crippen LogP contribution >= 0.6 is 0 Å². The summed E-state index contributed by atoms with van der Waals surface area (Å²) in [5, 5.41) is 16.9. The fraction of sp³-hybridized carbons (Fsp3) is 0.273. The van der Waals surface area contributed by atoms with Crippen LogP contribution in [0.1, 0.15) is 23.2 Å². The molecule has 1 unspecified atom stereocenters. The van der Waals surface area contributed by atoms with E-state index in [1.807, 2.05) is 18.2 Å². The summed E-state index contributed by atoms with van der Waals surface area (Å²) >= 11 is 0. The van der Waals surface area contributed by atoms with Gasteiger partial charge in [-0.1, -0.05) is 17.3 Å². The number of methoxy groups -OCH3 is 1. The minimum Gasteiger partial charge on any atom is -0.481 e. The van der Waals surface area contributed by atoms with E-state index in [0.29, 0.717) is 5.88 Å². The maximum atomic E-state index is 12.0. The van der Waals surface area contributed by atoms with Crippen molar-refractivity contribution in [3.63, 3.8) is 0 Å². The number of aliphatic imine (C=N–C) groups is 1. The van der Waals surface area contributed by atoms with Gasteiger partial charge in [0, 0.05) is 23.9 Å². The molecule has 1 atom stereocenters. The SMILES string of the molecule is COc1cc(-c2ccc3c(c2NC2=NCC(C(=O)O)(c4ccon4)O2)CCC3)ccn1. The van der Waals surface area contributed by atoms with Crippen molar-refractivity contribution in [2.75, 3.05) is 19.0 Å². The number of ether oxygens (including phenoxy) is 2. The first kappa shape index (κ1) is 19.1. The van der Waals surface area contributed by atoms with Crippen molar-refractivity contribution in [3.05, 3.63) is 59.6 Å². The van der Waals surface area contributed by atoms with Gasteiger partial charge in [0.1, 0.15) is 18.5 Å². The number of rotatable bonds is 5. The van der Waals surface area contributed by atoms with Crippen LogP contribution in [-0.4, -0.2) is 40.9 Å². The topological polar surface area (TPSA) is 119 Å². The second kappa shape index (κ2) is 7.42. The molecule has 5 rings (SSSR count). The van der Waals surface area contributed by atoms with Gasteiger partial charge in [-0.25, -0.2) is 14.8 Å². The van der Waals surface area contributed by atoms with Crippen molar-refractivity contribution < 1.29 is 23.9 Å². The molecule has 9 heteroatoms. The molecule has 1 aliphatic carbocycles. The van der Waals surface area contributed by atoms with E-state index in [1.54, 1.807) is 13.3 Å². The number of carboxylic acid groups (broad SMARTS) is 1. The van der Waals surface area contributed by atoms with Gasteiger partial charge < -0.3 is 24.4 Å². The number of hydrogen-bond donors (Lipinski definition) is 2. The van der Waals surface area contributed by atoms with Crippen LogP contribution in [0, 0.1) is 0 Å². The van der Waals surface area contributed by atoms with Gasteiger partial charge in [0.25, 0.3) is 11.6 Å². The van der Waals surface area contributed by atoms with Gasteiger partial charge in [-0.05, 0) is 42.0 Å². The summed E-state index contributed by atoms with van der Waals surface area (Å²) in [4.78, 5) is 20.6. The van der Waals surface area contributed by atoms with E-state index in [0.717, 1.165) is 36.1 Å². The average molecular weight is 420 g/mol. The highest BCUT2D eigenvalue weighted by Gasteiger charge is 2.50. The second-order valence-corrected chi connectivity index (χ2v) is 7.43. The number of benzene rings is 1. The lowest BCUT2D eigenvalue weighted by Gasteiger charge is -2.22. The molecule has 2 aromatic heterocycles. The van der Waals surface area contributed by atoms with Crippen LogP contribution in [0.25, 0.3) is 11.1 Å². The molecular formula is C22H20N4O5. The number of amidine groups is 1. The predicted molar refractivity (Wildman–Crippen MR) is 111 cm³/mol. The number of fused-ring (bicyclic) bond motifs is 1. The molecule has 2 aliphatic rings. The number of aryl methyl sites for hydroxylation is 1. The first-order valence-corrected chi connectivity index (χ1v) is 9.90. The highest BCUT2D eigenvalue weighted by atomic mass is 16.6. The Bertz CT molecular complexity index is 1170. The molecule has 1 aliphatic heterocycles. The zero-order valence-corrected chi connectivity index (χ0v) is 16.8. The summed E-state index contributed by atoms with van der Waals surface area (Å²) < 4.78 is 15.9. The van der Waals surface area contributed by atoms with Crippen LogP contribution in [0.5, 0.6) is 5.88 Å². The summed E-state index contributed by atoms with van der Waals surface area (Å²) in [5.74, 6) is -0.673. The quantitative estimate of drug-likeness (QED) is 0.647. The average Bonchev–Trinajstić information content (AvgIpc) is 3.54. The van der Waals surface area contributed by atoms with E-state index in [-0.39, 0.29) is 18.3 Å². The first-order chi connectivity index (χ1) is 15.1. The molecular weight excluding hydrogens is 400 g/mol. The number of pyridine rings is 1. The summed E-state index contributed by atoms with van der Waals surface area (Å²) in [6.07, 6.45) is 5.96. The molecule has 2 N–H and O–H groups in total. The lowest BCUT2D eigenvalue weighted by molar-refractivity contribution is -0.155. The molecule has 158 valence electrons. The first-order valence-electron chi connectivity index (χ1n) is 9.90. The van der Waals surface area contributed by atoms with Gasteiger partial charge in [0.2, 0.25) is 5.88 Å². The maximum Gasteiger partial charge on any atom is 0.356 e. The number of aromatic nitrogens is 2. The minimum atomic E-state index is -1.71. The van der Waals surface area contributed by atoms with Gasteiger partial charge in [-0.2, -0.15) is 0 Å². The largest absolute Gasteiger partial charge is 0.481 e. The number of nitrogens with one attached hydrogen (secondary N) is 1. The number of hydrogen-bond acceptors (Lipinski definition) is 8. The Morgan fingerprint density at radius 1 is 1.26 bits per heavy atom. The third-order valence-electron chi connectivity index (χ3n) is 5.68. The normalized spacial score (nSPS) is 19.5. The third kappa shape index (κ3) is 3.18. The molecule has 0 bridgehead atoms. The van der Waals surface area contributed by atoms with Crippen molar-refractivity contribution >= 4 is 17.7 Å². The molecule has 31 heavy (non-hydrogen) atoms. The highest BCUT2D eigenvalue weighted by Crippen LogP contribution is 2.39. The molecule has 0 spiro atoms. The zero-order valence-electron chi connectivity index (χ0n) is 16.8. The smallest absolute Gasteiger partial charge is 0.356 e. The fourth-order valence-electron chi connectivity index (χ4n) is 4.10. The molecule has 0 saturated heterocycles. The zero-order chi connectivity index (χ0) is 21.4. The molecule has 3 aromatic rings. The van der Waals surface area contributed by atoms with Crippen LogP contribution in [-0.2, 0) is 28.0 Å². The standard InChI is InChI=1S/C22H20N4O5/c1-29-18-11-14(7-9-23-18)16-6-5-13-3-2-4-15(13)19(16)25-21-24-12-22(31-21,20(27)28)17-8-10-30-26-17/h5-11H,2-4,12H2,1H3,(H,24,25)(H,27,28). The number of carboxylic acids is 1. The van der Waals surface area contributed by atoms with Gasteiger partial charge in [0.05, 0.1) is 12.8 Å². The molecule has 3 heterocycles. The minimum absolute atomic E-state index is 0.107. The number of aliphatic carboxylic acids is 1. The molecule has 0 amide bonds. The highest BCUT2D eigenvalue weighted by molar-refractivity contribution is 5.99. The van der Waals surface area contributed by atoms with E-state index in [2.05, 4.69) is 26.5 Å². The Balaban J connectivity index is 1.52. The van der Waals surface area contributed by atoms with E-state index >= 15 is 0 Å². The van der Waals surface area contributed by atoms with Crippen molar-refractivity contribution in [1.82, 2.24) is 10.1 Å². The van der Waals surface area contributed by atoms with Crippen LogP contribution in [0.2, 0.25) is 0 Å². The van der Waals surface area contributed by atoms with Crippen LogP contribution in [0.3, 0.4) is 0 Å². The van der Waals surface area contributed by atoms with E-state index in [1.165, 1.54) is 23.5 Å². The lowest BCUT2D eigenvalue weighted by Crippen LogP contribution is -2.40. The van der Waals surface area contributed by atoms with Gasteiger partial charge in [0.15, 0.2) is 0 Å². The number of carbonyl (C=O) groups is 1. The van der Waals surface area contributed by atoms with E-state index < -0.39 is 11.6 Å². The van der Waals surface area contributed by atoms with Crippen LogP contribution in [0.15, 0.2) is 52.3 Å². The lowest BCUT2D eigenvalue weighted by atomic mass is 9.98. The Kier molecular flexibility index (Phi) is 4.58. The Hall–Kier alpha value is -3.88. The number of nitrogens with zero attached hydrogens (tertiary/aromatic N) is 3. The Labute approximate surface area is 177 Å². The number of anilines is 1. The summed E-state index contributed by atoms with van der Waals surface area (Å²) in [6.45, 7) is -0.107. The van der Waals surface area contributed by atoms with Gasteiger partial charge in [-0.3, -0.25) is 0 Å². The van der Waals surface area contributed by atoms with Gasteiger partial charge in [-0.15, -0.1) is 0 Å². The second-order valence-electron chi connectivity index (χ2n) is 7.43. The van der Waals surface area contributed by atoms with Crippen molar-refractivity contribution in [1.29, 1.82) is 0 Å². The van der Waals surface area contributed by atoms with Crippen LogP contribution in [0.4, 0.5) is 5.69 Å². The van der Waals surface area contributed by atoms with Crippen molar-refractivity contribution in [3.8, 4) is 17.0 Å². The van der Waals surface area contributed by atoms with E-state index in [9.17, 15) is 9.90 Å². The maximum absolute atomic E-state index is 12.0. The summed E-state index contributed by atoms with van der Waals surface area (Å²) in [5.41, 5.74) is 3.58. The molecule has 0 radical (unpaired) electrons. The Morgan fingerprint density at radius 3 is 2.94 bits per heavy atom. The fourth-order valence-corrected chi connectivity index (χ4v) is 4.10. The van der Waals surface area contributed by atoms with Crippen molar-refractivity contribution in [2.24, 2.45) is 4.99 Å². The summed E-state index contributed by atoms with van der Waals surface area (Å²) in [6, 6.07) is 9.53.